The van der Waals surface area contributed by atoms with Gasteiger partial charge >= 0.3 is 0 Å². The molecule has 2 aromatic rings. The number of halogens is 1. The maximum Gasteiger partial charge on any atom is 0.264 e. The molecule has 0 aliphatic rings. The van der Waals surface area contributed by atoms with Gasteiger partial charge in [0, 0.05) is 30.3 Å². The lowest BCUT2D eigenvalue weighted by molar-refractivity contribution is 0.600. The lowest BCUT2D eigenvalue weighted by Gasteiger charge is -2.10. The predicted molar refractivity (Wildman–Crippen MR) is 85.5 cm³/mol. The molecule has 2 rings (SSSR count). The molecule has 0 spiro atoms. The summed E-state index contributed by atoms with van der Waals surface area (Å²) in [7, 11) is -1.95. The number of hydrogen-bond acceptors (Lipinski definition) is 4. The number of benzene rings is 1. The third-order valence-corrected chi connectivity index (χ3v) is 5.17. The van der Waals surface area contributed by atoms with Crippen molar-refractivity contribution in [2.45, 2.75) is 18.4 Å². The monoisotopic (exact) mass is 372 g/mol. The highest BCUT2D eigenvalue weighted by molar-refractivity contribution is 9.10. The molecule has 0 bridgehead atoms. The van der Waals surface area contributed by atoms with Crippen molar-refractivity contribution in [3.8, 4) is 0 Å². The molecule has 1 heterocycles. The zero-order valence-corrected chi connectivity index (χ0v) is 14.2. The molecule has 0 unspecified atom stereocenters. The van der Waals surface area contributed by atoms with Gasteiger partial charge < -0.3 is 5.32 Å². The molecule has 0 atom stereocenters. The molecule has 1 aromatic carbocycles. The molecule has 0 saturated heterocycles. The SMILES string of the molecule is CCNCc1ccc(Br)c(S(=O)(=O)Nc2ccn(C)n2)c1. The fourth-order valence-electron chi connectivity index (χ4n) is 1.80. The molecule has 0 fully saturated rings. The summed E-state index contributed by atoms with van der Waals surface area (Å²) in [4.78, 5) is 0.198. The number of anilines is 1. The fourth-order valence-corrected chi connectivity index (χ4v) is 3.81. The van der Waals surface area contributed by atoms with Crippen LogP contribution >= 0.6 is 15.9 Å². The van der Waals surface area contributed by atoms with Crippen LogP contribution in [-0.2, 0) is 23.6 Å². The number of nitrogens with one attached hydrogen (secondary N) is 2. The second kappa shape index (κ2) is 6.59. The molecule has 6 nitrogen and oxygen atoms in total. The van der Waals surface area contributed by atoms with Gasteiger partial charge in [0.2, 0.25) is 0 Å². The van der Waals surface area contributed by atoms with Crippen LogP contribution in [0.25, 0.3) is 0 Å². The summed E-state index contributed by atoms with van der Waals surface area (Å²) >= 11 is 3.29. The van der Waals surface area contributed by atoms with E-state index >= 15 is 0 Å². The van der Waals surface area contributed by atoms with E-state index in [-0.39, 0.29) is 4.90 Å². The summed E-state index contributed by atoms with van der Waals surface area (Å²) in [5.74, 6) is 0.293. The molecule has 2 N–H and O–H groups in total. The Labute approximate surface area is 132 Å². The van der Waals surface area contributed by atoms with E-state index in [0.29, 0.717) is 16.8 Å². The van der Waals surface area contributed by atoms with E-state index in [4.69, 9.17) is 0 Å². The molecule has 114 valence electrons. The molecular weight excluding hydrogens is 356 g/mol. The fraction of sp³-hybridized carbons (Fsp3) is 0.308. The molecule has 0 aliphatic carbocycles. The number of aryl methyl sites for hydroxylation is 1. The Morgan fingerprint density at radius 3 is 2.71 bits per heavy atom. The van der Waals surface area contributed by atoms with Crippen LogP contribution in [0, 0.1) is 0 Å². The van der Waals surface area contributed by atoms with Gasteiger partial charge in [0.1, 0.15) is 4.90 Å². The van der Waals surface area contributed by atoms with Gasteiger partial charge in [-0.05, 0) is 40.2 Å². The van der Waals surface area contributed by atoms with Gasteiger partial charge in [0.05, 0.1) is 0 Å². The minimum Gasteiger partial charge on any atom is -0.313 e. The molecule has 0 amide bonds. The lowest BCUT2D eigenvalue weighted by atomic mass is 10.2. The first kappa shape index (κ1) is 16.0. The van der Waals surface area contributed by atoms with E-state index in [2.05, 4.69) is 31.1 Å². The lowest BCUT2D eigenvalue weighted by Crippen LogP contribution is -2.16. The van der Waals surface area contributed by atoms with Crippen LogP contribution in [0.3, 0.4) is 0 Å². The van der Waals surface area contributed by atoms with Gasteiger partial charge in [-0.15, -0.1) is 0 Å². The minimum absolute atomic E-state index is 0.198. The van der Waals surface area contributed by atoms with Crippen molar-refractivity contribution in [2.75, 3.05) is 11.3 Å². The Kier molecular flexibility index (Phi) is 5.02. The third kappa shape index (κ3) is 4.05. The second-order valence-corrected chi connectivity index (χ2v) is 7.03. The van der Waals surface area contributed by atoms with Crippen LogP contribution in [0.4, 0.5) is 5.82 Å². The number of aromatic nitrogens is 2. The molecule has 0 radical (unpaired) electrons. The van der Waals surface area contributed by atoms with Crippen molar-refractivity contribution in [1.82, 2.24) is 15.1 Å². The molecule has 21 heavy (non-hydrogen) atoms. The summed E-state index contributed by atoms with van der Waals surface area (Å²) in [5.41, 5.74) is 0.904. The Hall–Kier alpha value is -1.38. The standard InChI is InChI=1S/C13H17BrN4O2S/c1-3-15-9-10-4-5-11(14)12(8-10)21(19,20)17-13-6-7-18(2)16-13/h4-8,15H,3,9H2,1-2H3,(H,16,17). The first-order valence-corrected chi connectivity index (χ1v) is 8.71. The Balaban J connectivity index is 2.30. The van der Waals surface area contributed by atoms with E-state index in [0.717, 1.165) is 12.1 Å². The summed E-state index contributed by atoms with van der Waals surface area (Å²) < 4.78 is 29.4. The van der Waals surface area contributed by atoms with Crippen LogP contribution < -0.4 is 10.0 Å². The molecule has 0 saturated carbocycles. The summed E-state index contributed by atoms with van der Waals surface area (Å²) in [6.45, 7) is 3.44. The van der Waals surface area contributed by atoms with Crippen molar-refractivity contribution in [3.63, 3.8) is 0 Å². The van der Waals surface area contributed by atoms with Crippen LogP contribution in [-0.4, -0.2) is 24.7 Å². The topological polar surface area (TPSA) is 76.0 Å². The average Bonchev–Trinajstić information content (AvgIpc) is 2.82. The van der Waals surface area contributed by atoms with Gasteiger partial charge in [-0.1, -0.05) is 13.0 Å². The molecule has 1 aromatic heterocycles. The van der Waals surface area contributed by atoms with Gasteiger partial charge in [-0.2, -0.15) is 5.10 Å². The van der Waals surface area contributed by atoms with Gasteiger partial charge in [0.15, 0.2) is 5.82 Å². The highest BCUT2D eigenvalue weighted by Gasteiger charge is 2.19. The normalized spacial score (nSPS) is 11.6. The first-order valence-electron chi connectivity index (χ1n) is 6.44. The zero-order valence-electron chi connectivity index (χ0n) is 11.8. The number of hydrogen-bond donors (Lipinski definition) is 2. The summed E-state index contributed by atoms with van der Waals surface area (Å²) in [6.07, 6.45) is 1.68. The average molecular weight is 373 g/mol. The zero-order chi connectivity index (χ0) is 15.5. The van der Waals surface area contributed by atoms with Gasteiger partial charge in [-0.25, -0.2) is 8.42 Å². The van der Waals surface area contributed by atoms with Crippen molar-refractivity contribution in [3.05, 3.63) is 40.5 Å². The predicted octanol–water partition coefficient (Wildman–Crippen LogP) is 2.09. The number of nitrogens with zero attached hydrogens (tertiary/aromatic N) is 2. The van der Waals surface area contributed by atoms with Crippen molar-refractivity contribution < 1.29 is 8.42 Å². The van der Waals surface area contributed by atoms with Crippen molar-refractivity contribution in [1.29, 1.82) is 0 Å². The highest BCUT2D eigenvalue weighted by Crippen LogP contribution is 2.25. The van der Waals surface area contributed by atoms with E-state index < -0.39 is 10.0 Å². The van der Waals surface area contributed by atoms with E-state index in [1.165, 1.54) is 4.68 Å². The van der Waals surface area contributed by atoms with Crippen molar-refractivity contribution >= 4 is 31.8 Å². The van der Waals surface area contributed by atoms with Crippen LogP contribution in [0.15, 0.2) is 39.8 Å². The van der Waals surface area contributed by atoms with Gasteiger partial charge in [0.25, 0.3) is 10.0 Å². The van der Waals surface area contributed by atoms with Crippen LogP contribution in [0.2, 0.25) is 0 Å². The Morgan fingerprint density at radius 1 is 1.33 bits per heavy atom. The number of rotatable bonds is 6. The van der Waals surface area contributed by atoms with Crippen LogP contribution in [0.5, 0.6) is 0 Å². The maximum absolute atomic E-state index is 12.4. The summed E-state index contributed by atoms with van der Waals surface area (Å²) in [5, 5.41) is 7.19. The first-order chi connectivity index (χ1) is 9.92. The molecular formula is C13H17BrN4O2S. The Bertz CT molecular complexity index is 728. The third-order valence-electron chi connectivity index (χ3n) is 2.82. The quantitative estimate of drug-likeness (QED) is 0.813. The summed E-state index contributed by atoms with van der Waals surface area (Å²) in [6, 6.07) is 6.87. The van der Waals surface area contributed by atoms with Crippen molar-refractivity contribution in [2.24, 2.45) is 7.05 Å². The van der Waals surface area contributed by atoms with E-state index in [1.807, 2.05) is 13.0 Å². The van der Waals surface area contributed by atoms with Crippen LogP contribution in [0.1, 0.15) is 12.5 Å². The number of sulfonamides is 1. The molecule has 8 heteroatoms. The second-order valence-electron chi connectivity index (χ2n) is 4.53. The van der Waals surface area contributed by atoms with E-state index in [1.54, 1.807) is 31.4 Å². The highest BCUT2D eigenvalue weighted by atomic mass is 79.9. The maximum atomic E-state index is 12.4. The van der Waals surface area contributed by atoms with Gasteiger partial charge in [-0.3, -0.25) is 9.40 Å². The minimum atomic E-state index is -3.68. The molecule has 0 aliphatic heterocycles. The Morgan fingerprint density at radius 2 is 2.10 bits per heavy atom. The smallest absolute Gasteiger partial charge is 0.264 e. The van der Waals surface area contributed by atoms with E-state index in [9.17, 15) is 8.42 Å². The largest absolute Gasteiger partial charge is 0.313 e.